The summed E-state index contributed by atoms with van der Waals surface area (Å²) in [6, 6.07) is 0.497. The molecule has 2 N–H and O–H groups in total. The Bertz CT molecular complexity index is 327. The first-order valence-corrected chi connectivity index (χ1v) is 5.60. The summed E-state index contributed by atoms with van der Waals surface area (Å²) in [6.45, 7) is 2.01. The molecule has 0 saturated heterocycles. The van der Waals surface area contributed by atoms with Crippen molar-refractivity contribution in [3.05, 3.63) is 11.9 Å². The Labute approximate surface area is 90.3 Å². The van der Waals surface area contributed by atoms with E-state index in [1.54, 1.807) is 0 Å². The molecule has 1 aliphatic rings. The average molecular weight is 209 g/mol. The van der Waals surface area contributed by atoms with Crippen molar-refractivity contribution >= 4 is 5.69 Å². The maximum Gasteiger partial charge on any atom is 0.0825 e. The van der Waals surface area contributed by atoms with Crippen LogP contribution >= 0.6 is 0 Å². The second kappa shape index (κ2) is 4.23. The molecule has 1 saturated carbocycles. The van der Waals surface area contributed by atoms with Crippen LogP contribution in [0.2, 0.25) is 0 Å². The molecule has 0 bridgehead atoms. The quantitative estimate of drug-likeness (QED) is 0.775. The molecule has 4 heteroatoms. The van der Waals surface area contributed by atoms with Crippen molar-refractivity contribution in [1.82, 2.24) is 9.78 Å². The molecule has 0 atom stereocenters. The molecule has 1 heterocycles. The third kappa shape index (κ3) is 2.50. The molecule has 1 fully saturated rings. The second-order valence-corrected chi connectivity index (χ2v) is 4.45. The Morgan fingerprint density at radius 2 is 2.07 bits per heavy atom. The maximum absolute atomic E-state index is 9.41. The van der Waals surface area contributed by atoms with Crippen molar-refractivity contribution in [3.63, 3.8) is 0 Å². The predicted octanol–water partition coefficient (Wildman–Crippen LogP) is 1.44. The summed E-state index contributed by atoms with van der Waals surface area (Å²) in [4.78, 5) is 0. The molecule has 0 unspecified atom stereocenters. The van der Waals surface area contributed by atoms with Crippen LogP contribution in [0.15, 0.2) is 6.20 Å². The summed E-state index contributed by atoms with van der Waals surface area (Å²) >= 11 is 0. The van der Waals surface area contributed by atoms with Gasteiger partial charge in [0.2, 0.25) is 0 Å². The Hall–Kier alpha value is -1.03. The van der Waals surface area contributed by atoms with Crippen molar-refractivity contribution in [2.45, 2.75) is 44.8 Å². The molecule has 1 aliphatic carbocycles. The van der Waals surface area contributed by atoms with Crippen LogP contribution in [0.4, 0.5) is 5.69 Å². The zero-order valence-electron chi connectivity index (χ0n) is 9.40. The fourth-order valence-electron chi connectivity index (χ4n) is 2.18. The Morgan fingerprint density at radius 1 is 1.40 bits per heavy atom. The van der Waals surface area contributed by atoms with Gasteiger partial charge in [0.15, 0.2) is 0 Å². The van der Waals surface area contributed by atoms with E-state index in [0.717, 1.165) is 37.1 Å². The number of hydrogen-bond acceptors (Lipinski definition) is 3. The van der Waals surface area contributed by atoms with Crippen molar-refractivity contribution in [1.29, 1.82) is 0 Å². The zero-order valence-corrected chi connectivity index (χ0v) is 9.40. The van der Waals surface area contributed by atoms with Gasteiger partial charge in [0.1, 0.15) is 0 Å². The van der Waals surface area contributed by atoms with Gasteiger partial charge in [-0.1, -0.05) is 0 Å². The van der Waals surface area contributed by atoms with Crippen molar-refractivity contribution in [2.24, 2.45) is 7.05 Å². The first-order valence-electron chi connectivity index (χ1n) is 5.60. The van der Waals surface area contributed by atoms with Crippen LogP contribution in [0.25, 0.3) is 0 Å². The number of aromatic nitrogens is 2. The number of hydrogen-bond donors (Lipinski definition) is 2. The number of nitrogens with one attached hydrogen (secondary N) is 1. The molecule has 4 nitrogen and oxygen atoms in total. The summed E-state index contributed by atoms with van der Waals surface area (Å²) in [5.41, 5.74) is 2.17. The number of aryl methyl sites for hydroxylation is 2. The summed E-state index contributed by atoms with van der Waals surface area (Å²) < 4.78 is 1.83. The van der Waals surface area contributed by atoms with E-state index in [4.69, 9.17) is 0 Å². The molecule has 0 aliphatic heterocycles. The summed E-state index contributed by atoms with van der Waals surface area (Å²) in [5, 5.41) is 17.2. The molecule has 1 aromatic rings. The molecule has 1 aromatic heterocycles. The van der Waals surface area contributed by atoms with Gasteiger partial charge in [0.05, 0.1) is 17.5 Å². The fourth-order valence-corrected chi connectivity index (χ4v) is 2.18. The van der Waals surface area contributed by atoms with Crippen LogP contribution in [-0.4, -0.2) is 27.0 Å². The molecule has 0 radical (unpaired) electrons. The van der Waals surface area contributed by atoms with E-state index in [-0.39, 0.29) is 6.10 Å². The smallest absolute Gasteiger partial charge is 0.0825 e. The SMILES string of the molecule is Cc1nn(C)cc1NC1CCC(O)CC1. The standard InChI is InChI=1S/C11H19N3O/c1-8-11(7-14(2)13-8)12-9-3-5-10(15)6-4-9/h7,9-10,12,15H,3-6H2,1-2H3. The van der Waals surface area contributed by atoms with Crippen LogP contribution in [0, 0.1) is 6.92 Å². The third-order valence-electron chi connectivity index (χ3n) is 3.07. The van der Waals surface area contributed by atoms with Gasteiger partial charge in [-0.25, -0.2) is 0 Å². The first kappa shape index (κ1) is 10.5. The van der Waals surface area contributed by atoms with Crippen molar-refractivity contribution < 1.29 is 5.11 Å². The third-order valence-corrected chi connectivity index (χ3v) is 3.07. The minimum absolute atomic E-state index is 0.0851. The van der Waals surface area contributed by atoms with E-state index in [9.17, 15) is 5.11 Å². The van der Waals surface area contributed by atoms with Gasteiger partial charge in [-0.15, -0.1) is 0 Å². The highest BCUT2D eigenvalue weighted by molar-refractivity contribution is 5.46. The van der Waals surface area contributed by atoms with Gasteiger partial charge in [-0.05, 0) is 32.6 Å². The Balaban J connectivity index is 1.94. The lowest BCUT2D eigenvalue weighted by molar-refractivity contribution is 0.126. The van der Waals surface area contributed by atoms with E-state index in [1.165, 1.54) is 0 Å². The molecular weight excluding hydrogens is 190 g/mol. The van der Waals surface area contributed by atoms with Crippen LogP contribution < -0.4 is 5.32 Å². The lowest BCUT2D eigenvalue weighted by Gasteiger charge is -2.26. The Kier molecular flexibility index (Phi) is 2.95. The van der Waals surface area contributed by atoms with E-state index < -0.39 is 0 Å². The van der Waals surface area contributed by atoms with Gasteiger partial charge in [-0.2, -0.15) is 5.10 Å². The van der Waals surface area contributed by atoms with Crippen LogP contribution in [0.3, 0.4) is 0 Å². The minimum atomic E-state index is -0.0851. The van der Waals surface area contributed by atoms with Crippen molar-refractivity contribution in [3.8, 4) is 0 Å². The highest BCUT2D eigenvalue weighted by Gasteiger charge is 2.19. The Morgan fingerprint density at radius 3 is 2.60 bits per heavy atom. The summed E-state index contributed by atoms with van der Waals surface area (Å²) in [7, 11) is 1.93. The normalized spacial score (nSPS) is 26.6. The summed E-state index contributed by atoms with van der Waals surface area (Å²) in [6.07, 6.45) is 5.86. The summed E-state index contributed by atoms with van der Waals surface area (Å²) in [5.74, 6) is 0. The molecule has 15 heavy (non-hydrogen) atoms. The lowest BCUT2D eigenvalue weighted by atomic mass is 9.93. The largest absolute Gasteiger partial charge is 0.393 e. The number of nitrogens with zero attached hydrogens (tertiary/aromatic N) is 2. The zero-order chi connectivity index (χ0) is 10.8. The predicted molar refractivity (Wildman–Crippen MR) is 59.8 cm³/mol. The fraction of sp³-hybridized carbons (Fsp3) is 0.727. The van der Waals surface area contributed by atoms with Gasteiger partial charge in [-0.3, -0.25) is 4.68 Å². The van der Waals surface area contributed by atoms with Crippen LogP contribution in [-0.2, 0) is 7.05 Å². The second-order valence-electron chi connectivity index (χ2n) is 4.45. The molecule has 2 rings (SSSR count). The molecule has 0 aromatic carbocycles. The van der Waals surface area contributed by atoms with E-state index in [2.05, 4.69) is 10.4 Å². The average Bonchev–Trinajstić information content (AvgIpc) is 2.49. The molecule has 0 amide bonds. The van der Waals surface area contributed by atoms with Crippen LogP contribution in [0.1, 0.15) is 31.4 Å². The number of rotatable bonds is 2. The number of anilines is 1. The van der Waals surface area contributed by atoms with Crippen molar-refractivity contribution in [2.75, 3.05) is 5.32 Å². The molecule has 0 spiro atoms. The number of aliphatic hydroxyl groups is 1. The highest BCUT2D eigenvalue weighted by atomic mass is 16.3. The van der Waals surface area contributed by atoms with E-state index in [0.29, 0.717) is 6.04 Å². The highest BCUT2D eigenvalue weighted by Crippen LogP contribution is 2.23. The molecule has 84 valence electrons. The van der Waals surface area contributed by atoms with Gasteiger partial charge in [0, 0.05) is 19.3 Å². The monoisotopic (exact) mass is 209 g/mol. The lowest BCUT2D eigenvalue weighted by Crippen LogP contribution is -2.28. The first-order chi connectivity index (χ1) is 7.15. The minimum Gasteiger partial charge on any atom is -0.393 e. The van der Waals surface area contributed by atoms with Gasteiger partial charge >= 0.3 is 0 Å². The molecular formula is C11H19N3O. The topological polar surface area (TPSA) is 50.1 Å². The van der Waals surface area contributed by atoms with Gasteiger partial charge in [0.25, 0.3) is 0 Å². The maximum atomic E-state index is 9.41. The van der Waals surface area contributed by atoms with E-state index >= 15 is 0 Å². The number of aliphatic hydroxyl groups excluding tert-OH is 1. The van der Waals surface area contributed by atoms with Gasteiger partial charge < -0.3 is 10.4 Å². The van der Waals surface area contributed by atoms with Crippen LogP contribution in [0.5, 0.6) is 0 Å². The van der Waals surface area contributed by atoms with E-state index in [1.807, 2.05) is 24.9 Å².